The van der Waals surface area contributed by atoms with Gasteiger partial charge in [-0.25, -0.2) is 14.1 Å². The first kappa shape index (κ1) is 20.8. The van der Waals surface area contributed by atoms with Crippen molar-refractivity contribution < 1.29 is 13.9 Å². The first-order valence-corrected chi connectivity index (χ1v) is 11.0. The van der Waals surface area contributed by atoms with Crippen LogP contribution in [0.4, 0.5) is 9.52 Å². The highest BCUT2D eigenvalue weighted by atomic mass is 32.1. The highest BCUT2D eigenvalue weighted by Gasteiger charge is 2.12. The Balaban J connectivity index is 1.26. The van der Waals surface area contributed by atoms with Gasteiger partial charge in [0.25, 0.3) is 5.91 Å². The molecule has 0 saturated heterocycles. The molecule has 0 unspecified atom stereocenters. The molecular formula is C24H18FN5O2S. The Morgan fingerprint density at radius 2 is 1.94 bits per heavy atom. The number of benzene rings is 3. The number of carbonyl (C=O) groups is 1. The fourth-order valence-electron chi connectivity index (χ4n) is 3.43. The molecule has 5 aromatic rings. The number of halogens is 1. The lowest BCUT2D eigenvalue weighted by atomic mass is 10.1. The molecule has 2 aromatic heterocycles. The molecule has 3 aromatic carbocycles. The van der Waals surface area contributed by atoms with Gasteiger partial charge in [-0.15, -0.1) is 16.4 Å². The normalized spacial score (nSPS) is 11.0. The molecule has 164 valence electrons. The van der Waals surface area contributed by atoms with Crippen molar-refractivity contribution in [3.63, 3.8) is 0 Å². The molecular weight excluding hydrogens is 441 g/mol. The number of amides is 1. The molecule has 1 amide bonds. The zero-order valence-electron chi connectivity index (χ0n) is 17.5. The summed E-state index contributed by atoms with van der Waals surface area (Å²) in [5.41, 5.74) is 4.49. The van der Waals surface area contributed by atoms with E-state index in [4.69, 9.17) is 4.74 Å². The Labute approximate surface area is 192 Å². The summed E-state index contributed by atoms with van der Waals surface area (Å²) in [6.07, 6.45) is 0. The SMILES string of the molecule is COc1ccc(-c2csc(NC(=O)c3ccc(Cn4nnc5ccccc54)cc3)n2)cc1F. The minimum atomic E-state index is -0.465. The average molecular weight is 460 g/mol. The zero-order chi connectivity index (χ0) is 22.8. The lowest BCUT2D eigenvalue weighted by Crippen LogP contribution is -2.12. The van der Waals surface area contributed by atoms with Gasteiger partial charge in [-0.1, -0.05) is 29.5 Å². The highest BCUT2D eigenvalue weighted by Crippen LogP contribution is 2.28. The third kappa shape index (κ3) is 4.31. The van der Waals surface area contributed by atoms with Crippen LogP contribution in [0.5, 0.6) is 5.75 Å². The van der Waals surface area contributed by atoms with Gasteiger partial charge in [0.15, 0.2) is 16.7 Å². The van der Waals surface area contributed by atoms with Crippen molar-refractivity contribution in [1.29, 1.82) is 0 Å². The predicted molar refractivity (Wildman–Crippen MR) is 125 cm³/mol. The van der Waals surface area contributed by atoms with E-state index in [0.29, 0.717) is 28.5 Å². The number of hydrogen-bond acceptors (Lipinski definition) is 6. The average Bonchev–Trinajstić information content (AvgIpc) is 3.47. The van der Waals surface area contributed by atoms with E-state index in [9.17, 15) is 9.18 Å². The number of anilines is 1. The van der Waals surface area contributed by atoms with Crippen LogP contribution in [-0.2, 0) is 6.54 Å². The van der Waals surface area contributed by atoms with Gasteiger partial charge in [0.2, 0.25) is 0 Å². The van der Waals surface area contributed by atoms with Crippen molar-refractivity contribution in [2.24, 2.45) is 0 Å². The van der Waals surface area contributed by atoms with Crippen LogP contribution in [0.15, 0.2) is 72.1 Å². The standard InChI is InChI=1S/C24H18FN5O2S/c1-32-22-11-10-17(12-18(22)25)20-14-33-24(26-20)27-23(31)16-8-6-15(7-9-16)13-30-21-5-3-2-4-19(21)28-29-30/h2-12,14H,13H2,1H3,(H,26,27,31). The molecule has 0 saturated carbocycles. The second kappa shape index (κ2) is 8.79. The molecule has 5 rings (SSSR count). The summed E-state index contributed by atoms with van der Waals surface area (Å²) in [7, 11) is 1.41. The summed E-state index contributed by atoms with van der Waals surface area (Å²) in [5, 5.41) is 13.4. The number of rotatable bonds is 6. The molecule has 0 radical (unpaired) electrons. The predicted octanol–water partition coefficient (Wildman–Crippen LogP) is 5.00. The Morgan fingerprint density at radius 3 is 2.73 bits per heavy atom. The van der Waals surface area contributed by atoms with Crippen LogP contribution in [0.2, 0.25) is 0 Å². The minimum absolute atomic E-state index is 0.169. The van der Waals surface area contributed by atoms with Crippen LogP contribution >= 0.6 is 11.3 Å². The van der Waals surface area contributed by atoms with Gasteiger partial charge in [-0.2, -0.15) is 0 Å². The second-order valence-electron chi connectivity index (χ2n) is 7.27. The maximum atomic E-state index is 14.0. The molecule has 9 heteroatoms. The highest BCUT2D eigenvalue weighted by molar-refractivity contribution is 7.14. The number of fused-ring (bicyclic) bond motifs is 1. The summed E-state index contributed by atoms with van der Waals surface area (Å²) in [4.78, 5) is 17.1. The number of carbonyl (C=O) groups excluding carboxylic acids is 1. The molecule has 0 aliphatic carbocycles. The van der Waals surface area contributed by atoms with Crippen LogP contribution in [-0.4, -0.2) is 33.0 Å². The smallest absolute Gasteiger partial charge is 0.257 e. The lowest BCUT2D eigenvalue weighted by Gasteiger charge is -2.05. The van der Waals surface area contributed by atoms with Crippen molar-refractivity contribution in [2.45, 2.75) is 6.54 Å². The van der Waals surface area contributed by atoms with Gasteiger partial charge in [0.05, 0.1) is 24.9 Å². The quantitative estimate of drug-likeness (QED) is 0.386. The molecule has 0 fully saturated rings. The summed E-state index contributed by atoms with van der Waals surface area (Å²) >= 11 is 1.27. The number of ether oxygens (including phenoxy) is 1. The molecule has 0 bridgehead atoms. The Kier molecular flexibility index (Phi) is 5.54. The first-order valence-electron chi connectivity index (χ1n) is 10.1. The van der Waals surface area contributed by atoms with Crippen molar-refractivity contribution in [3.8, 4) is 17.0 Å². The summed E-state index contributed by atoms with van der Waals surface area (Å²) < 4.78 is 20.7. The molecule has 7 nitrogen and oxygen atoms in total. The Hall–Kier alpha value is -4.11. The van der Waals surface area contributed by atoms with E-state index in [1.807, 2.05) is 41.1 Å². The van der Waals surface area contributed by atoms with E-state index >= 15 is 0 Å². The van der Waals surface area contributed by atoms with Crippen molar-refractivity contribution in [1.82, 2.24) is 20.0 Å². The zero-order valence-corrected chi connectivity index (χ0v) is 18.3. The second-order valence-corrected chi connectivity index (χ2v) is 8.13. The Morgan fingerprint density at radius 1 is 1.12 bits per heavy atom. The van der Waals surface area contributed by atoms with E-state index < -0.39 is 5.82 Å². The maximum absolute atomic E-state index is 14.0. The number of thiazole rings is 1. The number of methoxy groups -OCH3 is 1. The Bertz CT molecular complexity index is 1450. The molecule has 33 heavy (non-hydrogen) atoms. The van der Waals surface area contributed by atoms with Crippen LogP contribution < -0.4 is 10.1 Å². The maximum Gasteiger partial charge on any atom is 0.257 e. The molecule has 1 N–H and O–H groups in total. The largest absolute Gasteiger partial charge is 0.494 e. The number of hydrogen-bond donors (Lipinski definition) is 1. The van der Waals surface area contributed by atoms with E-state index in [-0.39, 0.29) is 11.7 Å². The van der Waals surface area contributed by atoms with Gasteiger partial charge in [0, 0.05) is 16.5 Å². The fourth-order valence-corrected chi connectivity index (χ4v) is 4.14. The molecule has 2 heterocycles. The van der Waals surface area contributed by atoms with Gasteiger partial charge < -0.3 is 4.74 Å². The molecule has 0 atom stereocenters. The topological polar surface area (TPSA) is 81.9 Å². The van der Waals surface area contributed by atoms with Crippen molar-refractivity contribution in [2.75, 3.05) is 12.4 Å². The molecule has 0 aliphatic rings. The van der Waals surface area contributed by atoms with Gasteiger partial charge in [-0.05, 0) is 48.0 Å². The first-order chi connectivity index (χ1) is 16.1. The van der Waals surface area contributed by atoms with E-state index in [0.717, 1.165) is 16.6 Å². The minimum Gasteiger partial charge on any atom is -0.494 e. The number of nitrogens with one attached hydrogen (secondary N) is 1. The third-order valence-electron chi connectivity index (χ3n) is 5.14. The van der Waals surface area contributed by atoms with E-state index in [1.54, 1.807) is 29.6 Å². The molecule has 0 aliphatic heterocycles. The monoisotopic (exact) mass is 459 g/mol. The van der Waals surface area contributed by atoms with Crippen LogP contribution in [0.25, 0.3) is 22.3 Å². The van der Waals surface area contributed by atoms with E-state index in [2.05, 4.69) is 20.6 Å². The number of aromatic nitrogens is 4. The van der Waals surface area contributed by atoms with Crippen LogP contribution in [0.3, 0.4) is 0 Å². The lowest BCUT2D eigenvalue weighted by molar-refractivity contribution is 0.102. The summed E-state index contributed by atoms with van der Waals surface area (Å²) in [6, 6.07) is 19.7. The van der Waals surface area contributed by atoms with Crippen molar-refractivity contribution in [3.05, 3.63) is 89.1 Å². The van der Waals surface area contributed by atoms with E-state index in [1.165, 1.54) is 24.5 Å². The number of nitrogens with zero attached hydrogens (tertiary/aromatic N) is 4. The van der Waals surface area contributed by atoms with Crippen LogP contribution in [0, 0.1) is 5.82 Å². The number of para-hydroxylation sites is 1. The van der Waals surface area contributed by atoms with Crippen molar-refractivity contribution >= 4 is 33.4 Å². The molecule has 0 spiro atoms. The third-order valence-corrected chi connectivity index (χ3v) is 5.90. The van der Waals surface area contributed by atoms with Gasteiger partial charge in [-0.3, -0.25) is 10.1 Å². The van der Waals surface area contributed by atoms with Gasteiger partial charge >= 0.3 is 0 Å². The summed E-state index contributed by atoms with van der Waals surface area (Å²) in [6.45, 7) is 0.552. The summed E-state index contributed by atoms with van der Waals surface area (Å²) in [5.74, 6) is -0.565. The van der Waals surface area contributed by atoms with Crippen LogP contribution in [0.1, 0.15) is 15.9 Å². The fraction of sp³-hybridized carbons (Fsp3) is 0.0833. The van der Waals surface area contributed by atoms with Gasteiger partial charge in [0.1, 0.15) is 5.52 Å².